The van der Waals surface area contributed by atoms with Gasteiger partial charge in [-0.2, -0.15) is 0 Å². The van der Waals surface area contributed by atoms with Gasteiger partial charge in [-0.3, -0.25) is 15.1 Å². The molecule has 9 heteroatoms. The smallest absolute Gasteiger partial charge is 0.269 e. The Kier molecular flexibility index (Phi) is 9.74. The summed E-state index contributed by atoms with van der Waals surface area (Å²) >= 11 is 12.1. The Balaban J connectivity index is 0.00000193. The first kappa shape index (κ1) is 26.7. The van der Waals surface area contributed by atoms with Crippen molar-refractivity contribution in [2.75, 3.05) is 18.0 Å². The molecule has 5 nitrogen and oxygen atoms in total. The van der Waals surface area contributed by atoms with E-state index in [4.69, 9.17) is 28.2 Å². The minimum Gasteiger partial charge on any atom is -0.365 e. The zero-order valence-electron chi connectivity index (χ0n) is 17.4. The number of aliphatic imine (C=N–C) groups is 1. The number of benzene rings is 3. The van der Waals surface area contributed by atoms with E-state index in [1.807, 2.05) is 36.4 Å². The van der Waals surface area contributed by atoms with Crippen LogP contribution < -0.4 is 4.90 Å². The third-order valence-corrected chi connectivity index (χ3v) is 5.81. The summed E-state index contributed by atoms with van der Waals surface area (Å²) in [7, 11) is 0. The number of nitro benzene ring substituents is 1. The van der Waals surface area contributed by atoms with Crippen LogP contribution in [0.3, 0.4) is 0 Å². The van der Waals surface area contributed by atoms with Crippen LogP contribution in [0.4, 0.5) is 11.4 Å². The van der Waals surface area contributed by atoms with Gasteiger partial charge in [-0.1, -0.05) is 65.7 Å². The number of nitrogens with zero attached hydrogens (tertiary/aromatic N) is 3. The molecule has 0 fully saturated rings. The Labute approximate surface area is 214 Å². The summed E-state index contributed by atoms with van der Waals surface area (Å²) in [4.78, 5) is 17.6. The molecule has 3 aromatic carbocycles. The summed E-state index contributed by atoms with van der Waals surface area (Å²) in [5.41, 5.74) is 5.07. The van der Waals surface area contributed by atoms with Gasteiger partial charge >= 0.3 is 0 Å². The number of para-hydroxylation sites is 1. The van der Waals surface area contributed by atoms with E-state index in [1.54, 1.807) is 30.3 Å². The SMILES string of the molecule is Cl.Cl.O=[N+]([O-])c1ccc(CN2CCN=C(C=Cc3ccc(Cl)c(Cl)c3)c3ccccc32)cc1. The predicted octanol–water partition coefficient (Wildman–Crippen LogP) is 7.27. The fraction of sp³-hybridized carbons (Fsp3) is 0.125. The Morgan fingerprint density at radius 1 is 0.970 bits per heavy atom. The molecular formula is C24H21Cl4N3O2. The zero-order valence-corrected chi connectivity index (χ0v) is 20.5. The van der Waals surface area contributed by atoms with Crippen LogP contribution in [0.2, 0.25) is 10.0 Å². The lowest BCUT2D eigenvalue weighted by Crippen LogP contribution is -2.25. The first-order valence-corrected chi connectivity index (χ1v) is 10.5. The van der Waals surface area contributed by atoms with Crippen molar-refractivity contribution >= 4 is 71.2 Å². The lowest BCUT2D eigenvalue weighted by molar-refractivity contribution is -0.384. The third-order valence-electron chi connectivity index (χ3n) is 5.07. The van der Waals surface area contributed by atoms with Crippen molar-refractivity contribution in [2.24, 2.45) is 4.99 Å². The van der Waals surface area contributed by atoms with Gasteiger partial charge in [0.25, 0.3) is 5.69 Å². The number of allylic oxidation sites excluding steroid dienone is 1. The number of benzodiazepines with no additional fused rings is 1. The van der Waals surface area contributed by atoms with Crippen LogP contribution in [0.1, 0.15) is 16.7 Å². The third kappa shape index (κ3) is 6.49. The molecule has 0 radical (unpaired) electrons. The maximum absolute atomic E-state index is 10.9. The van der Waals surface area contributed by atoms with E-state index in [0.717, 1.165) is 34.6 Å². The van der Waals surface area contributed by atoms with Crippen LogP contribution in [-0.2, 0) is 6.54 Å². The number of rotatable bonds is 5. The van der Waals surface area contributed by atoms with E-state index in [2.05, 4.69) is 17.0 Å². The highest BCUT2D eigenvalue weighted by atomic mass is 35.5. The minimum atomic E-state index is -0.384. The standard InChI is InChI=1S/C24H19Cl2N3O2.2ClH/c25-21-11-7-17(15-22(21)26)8-12-23-20-3-1-2-4-24(20)28(14-13-27-23)16-18-5-9-19(10-6-18)29(30)31;;/h1-12,15H,13-14,16H2;2*1H. The molecule has 0 unspecified atom stereocenters. The highest BCUT2D eigenvalue weighted by Crippen LogP contribution is 2.27. The lowest BCUT2D eigenvalue weighted by atomic mass is 10.0. The van der Waals surface area contributed by atoms with Crippen molar-refractivity contribution < 1.29 is 4.92 Å². The number of anilines is 1. The molecule has 1 heterocycles. The number of fused-ring (bicyclic) bond motifs is 1. The van der Waals surface area contributed by atoms with Gasteiger partial charge in [-0.05, 0) is 35.4 Å². The molecule has 0 aromatic heterocycles. The van der Waals surface area contributed by atoms with Crippen LogP contribution in [0.15, 0.2) is 77.8 Å². The maximum Gasteiger partial charge on any atom is 0.269 e. The summed E-state index contributed by atoms with van der Waals surface area (Å²) < 4.78 is 0. The molecule has 0 spiro atoms. The van der Waals surface area contributed by atoms with Crippen molar-refractivity contribution in [3.05, 3.63) is 110 Å². The average Bonchev–Trinajstić information content (AvgIpc) is 2.94. The first-order chi connectivity index (χ1) is 15.0. The number of hydrogen-bond donors (Lipinski definition) is 0. The second kappa shape index (κ2) is 12.1. The molecule has 0 atom stereocenters. The largest absolute Gasteiger partial charge is 0.365 e. The van der Waals surface area contributed by atoms with E-state index >= 15 is 0 Å². The van der Waals surface area contributed by atoms with Crippen molar-refractivity contribution in [3.63, 3.8) is 0 Å². The summed E-state index contributed by atoms with van der Waals surface area (Å²) in [5.74, 6) is 0. The lowest BCUT2D eigenvalue weighted by Gasteiger charge is -2.24. The molecule has 3 aromatic rings. The number of hydrogen-bond acceptors (Lipinski definition) is 4. The van der Waals surface area contributed by atoms with Crippen LogP contribution in [0.5, 0.6) is 0 Å². The molecular weight excluding hydrogens is 504 g/mol. The molecule has 1 aliphatic rings. The molecule has 0 N–H and O–H groups in total. The monoisotopic (exact) mass is 523 g/mol. The van der Waals surface area contributed by atoms with Crippen molar-refractivity contribution in [3.8, 4) is 0 Å². The van der Waals surface area contributed by atoms with Crippen LogP contribution in [0.25, 0.3) is 6.08 Å². The number of non-ortho nitro benzene ring substituents is 1. The molecule has 0 saturated heterocycles. The van der Waals surface area contributed by atoms with Crippen LogP contribution >= 0.6 is 48.0 Å². The maximum atomic E-state index is 10.9. The first-order valence-electron chi connectivity index (χ1n) is 9.76. The minimum absolute atomic E-state index is 0. The highest BCUT2D eigenvalue weighted by Gasteiger charge is 2.17. The van der Waals surface area contributed by atoms with Gasteiger partial charge in [0.1, 0.15) is 0 Å². The molecule has 1 aliphatic heterocycles. The van der Waals surface area contributed by atoms with Crippen molar-refractivity contribution in [2.45, 2.75) is 6.54 Å². The molecule has 0 bridgehead atoms. The number of nitro groups is 1. The van der Waals surface area contributed by atoms with Gasteiger partial charge in [0.05, 0.1) is 27.2 Å². The molecule has 4 rings (SSSR count). The van der Waals surface area contributed by atoms with Gasteiger partial charge in [0.15, 0.2) is 0 Å². The fourth-order valence-electron chi connectivity index (χ4n) is 3.50. The Morgan fingerprint density at radius 2 is 1.70 bits per heavy atom. The number of halogens is 4. The molecule has 0 amide bonds. The Bertz CT molecular complexity index is 1180. The van der Waals surface area contributed by atoms with Gasteiger partial charge in [-0.25, -0.2) is 0 Å². The van der Waals surface area contributed by atoms with E-state index in [-0.39, 0.29) is 35.4 Å². The van der Waals surface area contributed by atoms with Crippen LogP contribution in [0, 0.1) is 10.1 Å². The summed E-state index contributed by atoms with van der Waals surface area (Å²) in [6.07, 6.45) is 3.97. The average molecular weight is 525 g/mol. The summed E-state index contributed by atoms with van der Waals surface area (Å²) in [6.45, 7) is 2.04. The normalized spacial score (nSPS) is 12.8. The fourth-order valence-corrected chi connectivity index (χ4v) is 3.81. The topological polar surface area (TPSA) is 58.7 Å². The highest BCUT2D eigenvalue weighted by molar-refractivity contribution is 6.42. The zero-order chi connectivity index (χ0) is 21.8. The Hall–Kier alpha value is -2.57. The summed E-state index contributed by atoms with van der Waals surface area (Å²) in [6, 6.07) is 20.3. The van der Waals surface area contributed by atoms with E-state index in [0.29, 0.717) is 23.1 Å². The summed E-state index contributed by atoms with van der Waals surface area (Å²) in [5, 5.41) is 11.9. The van der Waals surface area contributed by atoms with E-state index in [1.165, 1.54) is 0 Å². The van der Waals surface area contributed by atoms with Gasteiger partial charge < -0.3 is 4.90 Å². The van der Waals surface area contributed by atoms with E-state index in [9.17, 15) is 10.1 Å². The Morgan fingerprint density at radius 3 is 2.39 bits per heavy atom. The second-order valence-electron chi connectivity index (χ2n) is 7.14. The quantitative estimate of drug-likeness (QED) is 0.260. The van der Waals surface area contributed by atoms with Crippen molar-refractivity contribution in [1.82, 2.24) is 0 Å². The van der Waals surface area contributed by atoms with Gasteiger partial charge in [0, 0.05) is 36.5 Å². The van der Waals surface area contributed by atoms with Crippen molar-refractivity contribution in [1.29, 1.82) is 0 Å². The molecule has 0 aliphatic carbocycles. The molecule has 0 saturated carbocycles. The predicted molar refractivity (Wildman–Crippen MR) is 142 cm³/mol. The van der Waals surface area contributed by atoms with Gasteiger partial charge in [0.2, 0.25) is 0 Å². The molecule has 172 valence electrons. The molecule has 33 heavy (non-hydrogen) atoms. The van der Waals surface area contributed by atoms with E-state index < -0.39 is 0 Å². The van der Waals surface area contributed by atoms with Gasteiger partial charge in [-0.15, -0.1) is 24.8 Å². The second-order valence-corrected chi connectivity index (χ2v) is 7.95. The van der Waals surface area contributed by atoms with Crippen LogP contribution in [-0.4, -0.2) is 23.7 Å².